The molecule has 0 saturated carbocycles. The van der Waals surface area contributed by atoms with E-state index < -0.39 is 5.82 Å². The lowest BCUT2D eigenvalue weighted by molar-refractivity contribution is -0.120. The predicted octanol–water partition coefficient (Wildman–Crippen LogP) is 2.41. The van der Waals surface area contributed by atoms with Crippen molar-refractivity contribution in [1.29, 1.82) is 0 Å². The smallest absolute Gasteiger partial charge is 0.231 e. The number of rotatable bonds is 3. The van der Waals surface area contributed by atoms with Crippen molar-refractivity contribution in [3.8, 4) is 0 Å². The molecule has 1 aliphatic rings. The molecule has 2 unspecified atom stereocenters. The average molecular weight is 352 g/mol. The van der Waals surface area contributed by atoms with Gasteiger partial charge in [0, 0.05) is 10.5 Å². The van der Waals surface area contributed by atoms with Crippen molar-refractivity contribution in [2.45, 2.75) is 6.04 Å². The molecular formula is C12H13BrClFN2O2. The molecule has 0 aromatic heterocycles. The van der Waals surface area contributed by atoms with Gasteiger partial charge in [0.2, 0.25) is 5.91 Å². The summed E-state index contributed by atoms with van der Waals surface area (Å²) in [6, 6.07) is 2.38. The molecule has 19 heavy (non-hydrogen) atoms. The maximum absolute atomic E-state index is 13.1. The summed E-state index contributed by atoms with van der Waals surface area (Å²) in [4.78, 5) is 12.2. The number of benzene rings is 1. The molecule has 1 aromatic carbocycles. The number of amides is 1. The fourth-order valence-electron chi connectivity index (χ4n) is 1.97. The van der Waals surface area contributed by atoms with Crippen molar-refractivity contribution in [2.75, 3.05) is 25.6 Å². The summed E-state index contributed by atoms with van der Waals surface area (Å²) in [5.74, 6) is -0.962. The van der Waals surface area contributed by atoms with Gasteiger partial charge >= 0.3 is 0 Å². The van der Waals surface area contributed by atoms with Crippen LogP contribution >= 0.6 is 27.5 Å². The number of ether oxygens (including phenoxy) is 1. The van der Waals surface area contributed by atoms with E-state index in [2.05, 4.69) is 26.6 Å². The number of hydrogen-bond donors (Lipinski definition) is 2. The molecule has 1 fully saturated rings. The fourth-order valence-corrected chi connectivity index (χ4v) is 2.87. The van der Waals surface area contributed by atoms with Crippen LogP contribution in [0.1, 0.15) is 0 Å². The van der Waals surface area contributed by atoms with Gasteiger partial charge in [-0.2, -0.15) is 0 Å². The highest BCUT2D eigenvalue weighted by Gasteiger charge is 2.33. The van der Waals surface area contributed by atoms with E-state index >= 15 is 0 Å². The van der Waals surface area contributed by atoms with Gasteiger partial charge < -0.3 is 15.4 Å². The second kappa shape index (κ2) is 6.17. The fraction of sp³-hybridized carbons (Fsp3) is 0.417. The van der Waals surface area contributed by atoms with Crippen LogP contribution < -0.4 is 10.6 Å². The SMILES string of the molecule is CNC1COCC1C(=O)Nc1c(Cl)cc(F)cc1Br. The van der Waals surface area contributed by atoms with Gasteiger partial charge in [-0.3, -0.25) is 4.79 Å². The van der Waals surface area contributed by atoms with E-state index in [4.69, 9.17) is 16.3 Å². The van der Waals surface area contributed by atoms with Crippen LogP contribution in [0.4, 0.5) is 10.1 Å². The van der Waals surface area contributed by atoms with Gasteiger partial charge in [-0.15, -0.1) is 0 Å². The van der Waals surface area contributed by atoms with Crippen molar-refractivity contribution in [1.82, 2.24) is 5.32 Å². The normalized spacial score (nSPS) is 22.5. The number of anilines is 1. The first kappa shape index (κ1) is 14.7. The van der Waals surface area contributed by atoms with Crippen LogP contribution in [0.15, 0.2) is 16.6 Å². The third-order valence-electron chi connectivity index (χ3n) is 3.04. The maximum Gasteiger partial charge on any atom is 0.231 e. The van der Waals surface area contributed by atoms with Gasteiger partial charge in [0.05, 0.1) is 29.8 Å². The zero-order valence-electron chi connectivity index (χ0n) is 10.2. The summed E-state index contributed by atoms with van der Waals surface area (Å²) in [6.07, 6.45) is 0. The van der Waals surface area contributed by atoms with E-state index in [1.54, 1.807) is 7.05 Å². The Morgan fingerprint density at radius 1 is 1.53 bits per heavy atom. The summed E-state index contributed by atoms with van der Waals surface area (Å²) in [7, 11) is 1.78. The van der Waals surface area contributed by atoms with Crippen LogP contribution in [0.3, 0.4) is 0 Å². The molecule has 7 heteroatoms. The third-order valence-corrected chi connectivity index (χ3v) is 3.97. The second-order valence-corrected chi connectivity index (χ2v) is 5.53. The number of carbonyl (C=O) groups is 1. The Labute approximate surface area is 123 Å². The lowest BCUT2D eigenvalue weighted by Crippen LogP contribution is -2.39. The van der Waals surface area contributed by atoms with Crippen molar-refractivity contribution in [2.24, 2.45) is 5.92 Å². The number of carbonyl (C=O) groups excluding carboxylic acids is 1. The molecule has 2 N–H and O–H groups in total. The molecule has 104 valence electrons. The van der Waals surface area contributed by atoms with Gasteiger partial charge in [-0.1, -0.05) is 11.6 Å². The Kier molecular flexibility index (Phi) is 4.78. The summed E-state index contributed by atoms with van der Waals surface area (Å²) < 4.78 is 18.8. The zero-order chi connectivity index (χ0) is 14.0. The Bertz CT molecular complexity index is 478. The molecule has 0 radical (unpaired) electrons. The molecule has 4 nitrogen and oxygen atoms in total. The Balaban J connectivity index is 2.15. The molecule has 1 amide bonds. The molecule has 1 heterocycles. The van der Waals surface area contributed by atoms with E-state index in [9.17, 15) is 9.18 Å². The molecule has 0 bridgehead atoms. The van der Waals surface area contributed by atoms with Gasteiger partial charge in [0.25, 0.3) is 0 Å². The molecule has 2 atom stereocenters. The van der Waals surface area contributed by atoms with E-state index in [0.717, 1.165) is 6.07 Å². The van der Waals surface area contributed by atoms with Crippen molar-refractivity contribution >= 4 is 39.1 Å². The molecule has 1 aromatic rings. The highest BCUT2D eigenvalue weighted by atomic mass is 79.9. The number of hydrogen-bond acceptors (Lipinski definition) is 3. The Morgan fingerprint density at radius 2 is 2.26 bits per heavy atom. The van der Waals surface area contributed by atoms with Crippen LogP contribution in [0.5, 0.6) is 0 Å². The van der Waals surface area contributed by atoms with Crippen LogP contribution in [0.2, 0.25) is 5.02 Å². The summed E-state index contributed by atoms with van der Waals surface area (Å²) >= 11 is 9.11. The Morgan fingerprint density at radius 3 is 2.89 bits per heavy atom. The zero-order valence-corrected chi connectivity index (χ0v) is 12.5. The summed E-state index contributed by atoms with van der Waals surface area (Å²) in [5.41, 5.74) is 0.370. The standard InChI is InChI=1S/C12H13BrClFN2O2/c1-16-10-5-19-4-7(10)12(18)17-11-8(13)2-6(15)3-9(11)14/h2-3,7,10,16H,4-5H2,1H3,(H,17,18). The molecule has 0 spiro atoms. The highest BCUT2D eigenvalue weighted by molar-refractivity contribution is 9.10. The molecular weight excluding hydrogens is 338 g/mol. The highest BCUT2D eigenvalue weighted by Crippen LogP contribution is 2.32. The van der Waals surface area contributed by atoms with Gasteiger partial charge in [0.1, 0.15) is 5.82 Å². The van der Waals surface area contributed by atoms with E-state index in [0.29, 0.717) is 23.4 Å². The molecule has 1 saturated heterocycles. The minimum absolute atomic E-state index is 0.0296. The number of likely N-dealkylation sites (N-methyl/N-ethyl adjacent to an activating group) is 1. The van der Waals surface area contributed by atoms with Crippen molar-refractivity contribution < 1.29 is 13.9 Å². The first-order chi connectivity index (χ1) is 9.02. The van der Waals surface area contributed by atoms with Crippen LogP contribution in [0, 0.1) is 11.7 Å². The van der Waals surface area contributed by atoms with Crippen LogP contribution in [-0.4, -0.2) is 32.2 Å². The van der Waals surface area contributed by atoms with Crippen molar-refractivity contribution in [3.63, 3.8) is 0 Å². The largest absolute Gasteiger partial charge is 0.379 e. The quantitative estimate of drug-likeness (QED) is 0.879. The van der Waals surface area contributed by atoms with Gasteiger partial charge in [-0.25, -0.2) is 4.39 Å². The summed E-state index contributed by atoms with van der Waals surface area (Å²) in [5, 5.41) is 5.89. The van der Waals surface area contributed by atoms with Gasteiger partial charge in [-0.05, 0) is 35.1 Å². The number of halogens is 3. The molecule has 2 rings (SSSR count). The first-order valence-corrected chi connectivity index (χ1v) is 6.90. The maximum atomic E-state index is 13.1. The third kappa shape index (κ3) is 3.25. The topological polar surface area (TPSA) is 50.4 Å². The average Bonchev–Trinajstić information content (AvgIpc) is 2.81. The number of nitrogens with one attached hydrogen (secondary N) is 2. The monoisotopic (exact) mass is 350 g/mol. The van der Waals surface area contributed by atoms with E-state index in [-0.39, 0.29) is 22.9 Å². The predicted molar refractivity (Wildman–Crippen MR) is 74.9 cm³/mol. The van der Waals surface area contributed by atoms with Crippen molar-refractivity contribution in [3.05, 3.63) is 27.4 Å². The summed E-state index contributed by atoms with van der Waals surface area (Å²) in [6.45, 7) is 0.848. The van der Waals surface area contributed by atoms with Gasteiger partial charge in [0.15, 0.2) is 0 Å². The molecule has 0 aliphatic carbocycles. The van der Waals surface area contributed by atoms with Crippen LogP contribution in [-0.2, 0) is 9.53 Å². The minimum atomic E-state index is -0.466. The van der Waals surface area contributed by atoms with E-state index in [1.807, 2.05) is 0 Å². The molecule has 1 aliphatic heterocycles. The second-order valence-electron chi connectivity index (χ2n) is 4.27. The lowest BCUT2D eigenvalue weighted by atomic mass is 10.0. The minimum Gasteiger partial charge on any atom is -0.379 e. The first-order valence-electron chi connectivity index (χ1n) is 5.73. The van der Waals surface area contributed by atoms with Crippen LogP contribution in [0.25, 0.3) is 0 Å². The van der Waals surface area contributed by atoms with E-state index in [1.165, 1.54) is 6.07 Å². The lowest BCUT2D eigenvalue weighted by Gasteiger charge is -2.17. The Hall–Kier alpha value is -0.690.